The summed E-state index contributed by atoms with van der Waals surface area (Å²) in [5.41, 5.74) is 3.43. The zero-order chi connectivity index (χ0) is 21.7. The van der Waals surface area contributed by atoms with E-state index in [0.717, 1.165) is 16.6 Å². The van der Waals surface area contributed by atoms with Crippen LogP contribution >= 0.6 is 22.9 Å². The van der Waals surface area contributed by atoms with Crippen LogP contribution in [0.2, 0.25) is 5.02 Å². The minimum atomic E-state index is -0.284. The number of imidazole rings is 1. The van der Waals surface area contributed by atoms with E-state index in [-0.39, 0.29) is 11.5 Å². The molecule has 0 aliphatic carbocycles. The standard InChI is InChI=1S/C22H16ClN5O2S/c1-11-17-21(24-10-28(2)22(17)30)31-18(11)20(29)25-12-7-8-15-16(9-12)27-19(26-15)13-5-3-4-6-14(13)23/h3-10H,1-2H3,(H,25,29)(H,26,27). The topological polar surface area (TPSA) is 92.7 Å². The van der Waals surface area contributed by atoms with Crippen molar-refractivity contribution in [3.8, 4) is 11.4 Å². The van der Waals surface area contributed by atoms with Gasteiger partial charge in [-0.1, -0.05) is 23.7 Å². The second-order valence-corrected chi connectivity index (χ2v) is 8.55. The maximum Gasteiger partial charge on any atom is 0.266 e. The van der Waals surface area contributed by atoms with E-state index in [4.69, 9.17) is 11.6 Å². The summed E-state index contributed by atoms with van der Waals surface area (Å²) in [6, 6.07) is 12.9. The van der Waals surface area contributed by atoms with Gasteiger partial charge < -0.3 is 14.9 Å². The van der Waals surface area contributed by atoms with Crippen LogP contribution in [0.1, 0.15) is 15.2 Å². The lowest BCUT2D eigenvalue weighted by molar-refractivity contribution is 0.103. The molecule has 0 saturated carbocycles. The zero-order valence-corrected chi connectivity index (χ0v) is 18.1. The molecule has 0 bridgehead atoms. The highest BCUT2D eigenvalue weighted by molar-refractivity contribution is 7.20. The molecule has 0 spiro atoms. The highest BCUT2D eigenvalue weighted by Gasteiger charge is 2.19. The van der Waals surface area contributed by atoms with E-state index >= 15 is 0 Å². The predicted octanol–water partition coefficient (Wildman–Crippen LogP) is 4.75. The van der Waals surface area contributed by atoms with Crippen molar-refractivity contribution in [1.29, 1.82) is 0 Å². The van der Waals surface area contributed by atoms with Crippen molar-refractivity contribution >= 4 is 55.8 Å². The van der Waals surface area contributed by atoms with E-state index in [1.54, 1.807) is 20.0 Å². The van der Waals surface area contributed by atoms with Gasteiger partial charge in [-0.05, 0) is 42.8 Å². The number of hydrogen-bond donors (Lipinski definition) is 2. The van der Waals surface area contributed by atoms with Gasteiger partial charge in [0, 0.05) is 18.3 Å². The molecule has 154 valence electrons. The van der Waals surface area contributed by atoms with Crippen molar-refractivity contribution in [3.63, 3.8) is 0 Å². The fraction of sp³-hybridized carbons (Fsp3) is 0.0909. The van der Waals surface area contributed by atoms with E-state index < -0.39 is 0 Å². The lowest BCUT2D eigenvalue weighted by Crippen LogP contribution is -2.17. The Balaban J connectivity index is 1.48. The van der Waals surface area contributed by atoms with E-state index in [1.165, 1.54) is 22.2 Å². The highest BCUT2D eigenvalue weighted by Crippen LogP contribution is 2.30. The molecule has 3 aromatic heterocycles. The molecule has 0 unspecified atom stereocenters. The number of thiophene rings is 1. The molecule has 3 heterocycles. The second-order valence-electron chi connectivity index (χ2n) is 7.15. The van der Waals surface area contributed by atoms with Crippen molar-refractivity contribution in [2.45, 2.75) is 6.92 Å². The molecule has 0 saturated heterocycles. The maximum absolute atomic E-state index is 12.9. The number of halogens is 1. The van der Waals surface area contributed by atoms with Crippen molar-refractivity contribution in [1.82, 2.24) is 19.5 Å². The molecule has 1 amide bonds. The molecule has 31 heavy (non-hydrogen) atoms. The number of benzene rings is 2. The first-order chi connectivity index (χ1) is 14.9. The first-order valence-electron chi connectivity index (χ1n) is 9.43. The van der Waals surface area contributed by atoms with E-state index in [1.807, 2.05) is 36.4 Å². The van der Waals surface area contributed by atoms with Crippen molar-refractivity contribution < 1.29 is 4.79 Å². The summed E-state index contributed by atoms with van der Waals surface area (Å²) < 4.78 is 1.41. The Morgan fingerprint density at radius 2 is 2.03 bits per heavy atom. The molecule has 9 heteroatoms. The third-order valence-corrected chi connectivity index (χ3v) is 6.61. The molecule has 2 N–H and O–H groups in total. The van der Waals surface area contributed by atoms with Gasteiger partial charge in [0.15, 0.2) is 0 Å². The Morgan fingerprint density at radius 1 is 1.23 bits per heavy atom. The van der Waals surface area contributed by atoms with Gasteiger partial charge in [0.25, 0.3) is 11.5 Å². The summed E-state index contributed by atoms with van der Waals surface area (Å²) in [6.45, 7) is 1.77. The van der Waals surface area contributed by atoms with Gasteiger partial charge in [-0.3, -0.25) is 9.59 Å². The Bertz CT molecular complexity index is 1550. The summed E-state index contributed by atoms with van der Waals surface area (Å²) in [5, 5.41) is 3.99. The summed E-state index contributed by atoms with van der Waals surface area (Å²) in [5.74, 6) is 0.374. The number of carbonyl (C=O) groups is 1. The second kappa shape index (κ2) is 7.33. The van der Waals surface area contributed by atoms with Gasteiger partial charge in [0.2, 0.25) is 0 Å². The highest BCUT2D eigenvalue weighted by atomic mass is 35.5. The smallest absolute Gasteiger partial charge is 0.266 e. The Kier molecular flexibility index (Phi) is 4.60. The van der Waals surface area contributed by atoms with Gasteiger partial charge in [-0.15, -0.1) is 11.3 Å². The fourth-order valence-corrected chi connectivity index (χ4v) is 4.74. The Labute approximate surface area is 185 Å². The van der Waals surface area contributed by atoms with Crippen LogP contribution in [0.15, 0.2) is 53.6 Å². The molecule has 0 atom stereocenters. The fourth-order valence-electron chi connectivity index (χ4n) is 3.48. The summed E-state index contributed by atoms with van der Waals surface area (Å²) in [4.78, 5) is 38.5. The van der Waals surface area contributed by atoms with Crippen LogP contribution in [0.5, 0.6) is 0 Å². The molecule has 0 aliphatic heterocycles. The Hall–Kier alpha value is -3.49. The van der Waals surface area contributed by atoms with E-state index in [0.29, 0.717) is 37.2 Å². The molecular weight excluding hydrogens is 434 g/mol. The summed E-state index contributed by atoms with van der Waals surface area (Å²) in [6.07, 6.45) is 1.46. The van der Waals surface area contributed by atoms with Crippen LogP contribution in [-0.2, 0) is 7.05 Å². The third kappa shape index (κ3) is 3.30. The maximum atomic E-state index is 12.9. The quantitative estimate of drug-likeness (QED) is 0.415. The number of nitrogens with zero attached hydrogens (tertiary/aromatic N) is 3. The molecule has 5 rings (SSSR count). The van der Waals surface area contributed by atoms with Gasteiger partial charge in [0.1, 0.15) is 10.7 Å². The van der Waals surface area contributed by atoms with Gasteiger partial charge in [0.05, 0.1) is 32.6 Å². The number of nitrogens with one attached hydrogen (secondary N) is 2. The predicted molar refractivity (Wildman–Crippen MR) is 124 cm³/mol. The first-order valence-corrected chi connectivity index (χ1v) is 10.6. The monoisotopic (exact) mass is 449 g/mol. The molecule has 0 aliphatic rings. The first kappa shape index (κ1) is 19.5. The van der Waals surface area contributed by atoms with E-state index in [9.17, 15) is 9.59 Å². The van der Waals surface area contributed by atoms with Crippen LogP contribution in [0, 0.1) is 6.92 Å². The lowest BCUT2D eigenvalue weighted by Gasteiger charge is -2.04. The minimum absolute atomic E-state index is 0.163. The SMILES string of the molecule is Cc1c(C(=O)Nc2ccc3nc(-c4ccccc4Cl)[nH]c3c2)sc2ncn(C)c(=O)c12. The number of rotatable bonds is 3. The van der Waals surface area contributed by atoms with Crippen LogP contribution < -0.4 is 10.9 Å². The average molecular weight is 450 g/mol. The minimum Gasteiger partial charge on any atom is -0.338 e. The molecule has 2 aromatic carbocycles. The number of fused-ring (bicyclic) bond motifs is 2. The molecule has 5 aromatic rings. The van der Waals surface area contributed by atoms with Crippen LogP contribution in [0.25, 0.3) is 32.6 Å². The van der Waals surface area contributed by atoms with Gasteiger partial charge >= 0.3 is 0 Å². The number of anilines is 1. The van der Waals surface area contributed by atoms with Crippen molar-refractivity contribution in [3.05, 3.63) is 74.6 Å². The number of H-pyrrole nitrogens is 1. The normalized spacial score (nSPS) is 11.3. The van der Waals surface area contributed by atoms with E-state index in [2.05, 4.69) is 20.3 Å². The molecular formula is C22H16ClN5O2S. The van der Waals surface area contributed by atoms with Crippen molar-refractivity contribution in [2.75, 3.05) is 5.32 Å². The summed E-state index contributed by atoms with van der Waals surface area (Å²) >= 11 is 7.49. The lowest BCUT2D eigenvalue weighted by atomic mass is 10.2. The van der Waals surface area contributed by atoms with Gasteiger partial charge in [-0.25, -0.2) is 9.97 Å². The molecule has 0 radical (unpaired) electrons. The number of carbonyl (C=O) groups excluding carboxylic acids is 1. The average Bonchev–Trinajstić information content (AvgIpc) is 3.32. The van der Waals surface area contributed by atoms with Crippen LogP contribution in [0.3, 0.4) is 0 Å². The Morgan fingerprint density at radius 3 is 2.84 bits per heavy atom. The van der Waals surface area contributed by atoms with Crippen molar-refractivity contribution in [2.24, 2.45) is 7.05 Å². The summed E-state index contributed by atoms with van der Waals surface area (Å²) in [7, 11) is 1.64. The number of aromatic nitrogens is 4. The number of amides is 1. The van der Waals surface area contributed by atoms with Crippen LogP contribution in [0.4, 0.5) is 5.69 Å². The molecule has 7 nitrogen and oxygen atoms in total. The van der Waals surface area contributed by atoms with Crippen LogP contribution in [-0.4, -0.2) is 25.4 Å². The van der Waals surface area contributed by atoms with Gasteiger partial charge in [-0.2, -0.15) is 0 Å². The largest absolute Gasteiger partial charge is 0.338 e. The molecule has 0 fully saturated rings. The number of aryl methyl sites for hydroxylation is 2. The number of hydrogen-bond acceptors (Lipinski definition) is 5. The third-order valence-electron chi connectivity index (χ3n) is 5.09. The number of aromatic amines is 1. The zero-order valence-electron chi connectivity index (χ0n) is 16.6.